The highest BCUT2D eigenvalue weighted by molar-refractivity contribution is 5.92. The van der Waals surface area contributed by atoms with Crippen molar-refractivity contribution in [3.05, 3.63) is 12.0 Å². The zero-order valence-corrected chi connectivity index (χ0v) is 11.1. The molecule has 100 valence electrons. The van der Waals surface area contributed by atoms with Crippen LogP contribution in [0.2, 0.25) is 0 Å². The number of hydrogen-bond donors (Lipinski definition) is 1. The first-order chi connectivity index (χ1) is 8.67. The minimum Gasteiger partial charge on any atom is -0.464 e. The summed E-state index contributed by atoms with van der Waals surface area (Å²) >= 11 is 0. The van der Waals surface area contributed by atoms with E-state index >= 15 is 0 Å². The number of anilines is 1. The smallest absolute Gasteiger partial charge is 0.360 e. The Kier molecular flexibility index (Phi) is 3.89. The predicted molar refractivity (Wildman–Crippen MR) is 69.3 cm³/mol. The molecule has 1 saturated carbocycles. The Hall–Kier alpha value is -1.52. The first-order valence-electron chi connectivity index (χ1n) is 6.58. The van der Waals surface area contributed by atoms with Crippen LogP contribution in [0.15, 0.2) is 6.33 Å². The van der Waals surface area contributed by atoms with Gasteiger partial charge in [0.05, 0.1) is 13.4 Å². The molecule has 1 aromatic rings. The second-order valence-electron chi connectivity index (χ2n) is 4.97. The van der Waals surface area contributed by atoms with Gasteiger partial charge in [-0.05, 0) is 18.8 Å². The zero-order chi connectivity index (χ0) is 13.1. The van der Waals surface area contributed by atoms with Gasteiger partial charge in [0, 0.05) is 6.04 Å². The lowest BCUT2D eigenvalue weighted by Gasteiger charge is -2.29. The topological polar surface area (TPSA) is 70.1 Å². The molecule has 0 aromatic carbocycles. The molecule has 18 heavy (non-hydrogen) atoms. The highest BCUT2D eigenvalue weighted by Gasteiger charge is 2.25. The van der Waals surface area contributed by atoms with E-state index in [2.05, 4.69) is 16.6 Å². The summed E-state index contributed by atoms with van der Waals surface area (Å²) in [5, 5.41) is 0. The lowest BCUT2D eigenvalue weighted by atomic mass is 9.84. The number of ether oxygens (including phenoxy) is 1. The SMILES string of the molecule is CCC1CCCC(n2cnc(C(=O)OC)c2N)C1. The third-order valence-electron chi connectivity index (χ3n) is 3.94. The van der Waals surface area contributed by atoms with Crippen LogP contribution < -0.4 is 5.73 Å². The quantitative estimate of drug-likeness (QED) is 0.837. The Bertz CT molecular complexity index is 428. The van der Waals surface area contributed by atoms with Crippen LogP contribution in [0.25, 0.3) is 0 Å². The van der Waals surface area contributed by atoms with Gasteiger partial charge < -0.3 is 15.0 Å². The van der Waals surface area contributed by atoms with Crippen LogP contribution in [0.3, 0.4) is 0 Å². The molecule has 5 nitrogen and oxygen atoms in total. The Morgan fingerprint density at radius 3 is 3.06 bits per heavy atom. The van der Waals surface area contributed by atoms with E-state index in [1.165, 1.54) is 26.4 Å². The summed E-state index contributed by atoms with van der Waals surface area (Å²) in [5.74, 6) is 0.727. The van der Waals surface area contributed by atoms with Crippen LogP contribution in [0, 0.1) is 5.92 Å². The van der Waals surface area contributed by atoms with Crippen LogP contribution in [-0.4, -0.2) is 22.6 Å². The molecule has 1 heterocycles. The second-order valence-corrected chi connectivity index (χ2v) is 4.97. The fourth-order valence-corrected chi connectivity index (χ4v) is 2.80. The van der Waals surface area contributed by atoms with Gasteiger partial charge in [-0.15, -0.1) is 0 Å². The van der Waals surface area contributed by atoms with E-state index in [0.717, 1.165) is 18.8 Å². The molecule has 5 heteroatoms. The van der Waals surface area contributed by atoms with Crippen LogP contribution in [-0.2, 0) is 4.74 Å². The van der Waals surface area contributed by atoms with Crippen molar-refractivity contribution in [2.24, 2.45) is 5.92 Å². The van der Waals surface area contributed by atoms with E-state index in [9.17, 15) is 4.79 Å². The summed E-state index contributed by atoms with van der Waals surface area (Å²) in [6, 6.07) is 0.370. The molecule has 0 aliphatic heterocycles. The number of methoxy groups -OCH3 is 1. The molecule has 0 saturated heterocycles. The maximum Gasteiger partial charge on any atom is 0.360 e. The lowest BCUT2D eigenvalue weighted by molar-refractivity contribution is 0.0596. The molecule has 2 atom stereocenters. The first-order valence-corrected chi connectivity index (χ1v) is 6.58. The number of imidazole rings is 1. The summed E-state index contributed by atoms with van der Waals surface area (Å²) in [6.07, 6.45) is 7.62. The van der Waals surface area contributed by atoms with Crippen molar-refractivity contribution in [2.75, 3.05) is 12.8 Å². The van der Waals surface area contributed by atoms with Gasteiger partial charge in [0.25, 0.3) is 0 Å². The van der Waals surface area contributed by atoms with E-state index < -0.39 is 5.97 Å². The molecule has 1 aromatic heterocycles. The Morgan fingerprint density at radius 1 is 1.61 bits per heavy atom. The first kappa shape index (κ1) is 12.9. The summed E-state index contributed by atoms with van der Waals surface area (Å²) in [7, 11) is 1.34. The Labute approximate surface area is 107 Å². The van der Waals surface area contributed by atoms with Crippen molar-refractivity contribution >= 4 is 11.8 Å². The molecule has 0 radical (unpaired) electrons. The van der Waals surface area contributed by atoms with E-state index in [0.29, 0.717) is 11.9 Å². The lowest BCUT2D eigenvalue weighted by Crippen LogP contribution is -2.20. The minimum atomic E-state index is -0.464. The van der Waals surface area contributed by atoms with E-state index in [1.807, 2.05) is 4.57 Å². The van der Waals surface area contributed by atoms with Crippen molar-refractivity contribution in [3.63, 3.8) is 0 Å². The summed E-state index contributed by atoms with van der Waals surface area (Å²) in [4.78, 5) is 15.5. The fraction of sp³-hybridized carbons (Fsp3) is 0.692. The summed E-state index contributed by atoms with van der Waals surface area (Å²) in [5.41, 5.74) is 6.23. The number of hydrogen-bond acceptors (Lipinski definition) is 4. The summed E-state index contributed by atoms with van der Waals surface area (Å²) in [6.45, 7) is 2.23. The number of carbonyl (C=O) groups is 1. The van der Waals surface area contributed by atoms with Crippen LogP contribution >= 0.6 is 0 Å². The number of nitrogens with two attached hydrogens (primary N) is 1. The predicted octanol–water partition coefficient (Wildman–Crippen LogP) is 2.39. The van der Waals surface area contributed by atoms with Crippen molar-refractivity contribution in [3.8, 4) is 0 Å². The van der Waals surface area contributed by atoms with Crippen LogP contribution in [0.1, 0.15) is 55.6 Å². The molecular formula is C13H21N3O2. The van der Waals surface area contributed by atoms with Gasteiger partial charge in [0.2, 0.25) is 0 Å². The van der Waals surface area contributed by atoms with Crippen molar-refractivity contribution in [1.82, 2.24) is 9.55 Å². The van der Waals surface area contributed by atoms with E-state index in [1.54, 1.807) is 6.33 Å². The number of aromatic nitrogens is 2. The minimum absolute atomic E-state index is 0.233. The van der Waals surface area contributed by atoms with Crippen LogP contribution in [0.4, 0.5) is 5.82 Å². The number of nitrogen functional groups attached to an aromatic ring is 1. The number of esters is 1. The molecule has 0 spiro atoms. The second kappa shape index (κ2) is 5.42. The molecule has 1 aliphatic carbocycles. The average molecular weight is 251 g/mol. The Morgan fingerprint density at radius 2 is 2.39 bits per heavy atom. The Balaban J connectivity index is 2.18. The number of nitrogens with zero attached hydrogens (tertiary/aromatic N) is 2. The third-order valence-corrected chi connectivity index (χ3v) is 3.94. The maximum absolute atomic E-state index is 11.5. The highest BCUT2D eigenvalue weighted by Crippen LogP contribution is 2.35. The van der Waals surface area contributed by atoms with Gasteiger partial charge in [-0.25, -0.2) is 9.78 Å². The monoisotopic (exact) mass is 251 g/mol. The number of carbonyl (C=O) groups excluding carboxylic acids is 1. The van der Waals surface area contributed by atoms with Gasteiger partial charge >= 0.3 is 5.97 Å². The largest absolute Gasteiger partial charge is 0.464 e. The van der Waals surface area contributed by atoms with Gasteiger partial charge in [-0.2, -0.15) is 0 Å². The number of rotatable bonds is 3. The van der Waals surface area contributed by atoms with Gasteiger partial charge in [-0.3, -0.25) is 0 Å². The standard InChI is InChI=1S/C13H21N3O2/c1-3-9-5-4-6-10(7-9)16-8-15-11(12(16)14)13(17)18-2/h8-10H,3-7,14H2,1-2H3. The van der Waals surface area contributed by atoms with E-state index in [4.69, 9.17) is 5.73 Å². The van der Waals surface area contributed by atoms with Crippen molar-refractivity contribution < 1.29 is 9.53 Å². The van der Waals surface area contributed by atoms with Gasteiger partial charge in [-0.1, -0.05) is 26.2 Å². The molecule has 0 bridgehead atoms. The normalized spacial score (nSPS) is 23.9. The summed E-state index contributed by atoms with van der Waals surface area (Å²) < 4.78 is 6.60. The van der Waals surface area contributed by atoms with Crippen LogP contribution in [0.5, 0.6) is 0 Å². The molecule has 0 amide bonds. The molecule has 2 N–H and O–H groups in total. The molecule has 1 fully saturated rings. The highest BCUT2D eigenvalue weighted by atomic mass is 16.5. The molecule has 2 unspecified atom stereocenters. The van der Waals surface area contributed by atoms with Gasteiger partial charge in [0.1, 0.15) is 5.82 Å². The van der Waals surface area contributed by atoms with Crippen molar-refractivity contribution in [2.45, 2.75) is 45.1 Å². The van der Waals surface area contributed by atoms with Gasteiger partial charge in [0.15, 0.2) is 5.69 Å². The van der Waals surface area contributed by atoms with E-state index in [-0.39, 0.29) is 5.69 Å². The molecule has 1 aliphatic rings. The average Bonchev–Trinajstić information content (AvgIpc) is 2.80. The third kappa shape index (κ3) is 2.35. The molecular weight excluding hydrogens is 230 g/mol. The fourth-order valence-electron chi connectivity index (χ4n) is 2.80. The molecule has 2 rings (SSSR count). The maximum atomic E-state index is 11.5. The zero-order valence-electron chi connectivity index (χ0n) is 11.1. The van der Waals surface area contributed by atoms with Crippen molar-refractivity contribution in [1.29, 1.82) is 0 Å².